The maximum Gasteiger partial charge on any atom is 0.407 e. The van der Waals surface area contributed by atoms with E-state index in [4.69, 9.17) is 28.9 Å². The molecule has 2 fully saturated rings. The molecule has 5 aromatic rings. The first kappa shape index (κ1) is 43.9. The van der Waals surface area contributed by atoms with E-state index in [2.05, 4.69) is 63.9 Å². The number of alkyl carbamates (subject to hydrolysis) is 2. The molecule has 8 atom stereocenters. The topological polar surface area (TPSA) is 196 Å². The maximum atomic E-state index is 14.0. The van der Waals surface area contributed by atoms with Gasteiger partial charge in [0.1, 0.15) is 36.3 Å². The summed E-state index contributed by atoms with van der Waals surface area (Å²) in [4.78, 5) is 59.3. The molecule has 0 spiro atoms. The van der Waals surface area contributed by atoms with Crippen molar-refractivity contribution in [3.05, 3.63) is 65.9 Å². The van der Waals surface area contributed by atoms with Crippen LogP contribution < -0.4 is 15.4 Å². The van der Waals surface area contributed by atoms with Crippen LogP contribution in [0.3, 0.4) is 0 Å². The third kappa shape index (κ3) is 8.55. The Morgan fingerprint density at radius 3 is 2.44 bits per heavy atom. The highest BCUT2D eigenvalue weighted by Gasteiger charge is 2.43. The lowest BCUT2D eigenvalue weighted by molar-refractivity contribution is -0.135. The van der Waals surface area contributed by atoms with Gasteiger partial charge in [0.2, 0.25) is 5.91 Å². The molecular formula is C47H60N8O8. The number of H-pyrrole nitrogens is 2. The number of aliphatic hydroxyl groups is 1. The van der Waals surface area contributed by atoms with Crippen molar-refractivity contribution in [2.75, 3.05) is 41.0 Å². The van der Waals surface area contributed by atoms with Crippen LogP contribution in [0, 0.1) is 23.7 Å². The number of hydrogen-bond acceptors (Lipinski definition) is 11. The Balaban J connectivity index is 1.05. The van der Waals surface area contributed by atoms with E-state index < -0.39 is 30.5 Å². The van der Waals surface area contributed by atoms with Gasteiger partial charge in [-0.1, -0.05) is 59.2 Å². The monoisotopic (exact) mass is 864 g/mol. The molecule has 5 heterocycles. The normalized spacial score (nSPS) is 21.7. The van der Waals surface area contributed by atoms with E-state index in [0.29, 0.717) is 32.1 Å². The number of methoxy groups -OCH3 is 3. The third-order valence-electron chi connectivity index (χ3n) is 13.3. The Morgan fingerprint density at radius 2 is 1.71 bits per heavy atom. The van der Waals surface area contributed by atoms with Gasteiger partial charge in [-0.2, -0.15) is 0 Å². The first-order valence-corrected chi connectivity index (χ1v) is 22.0. The van der Waals surface area contributed by atoms with Crippen LogP contribution in [0.1, 0.15) is 83.2 Å². The van der Waals surface area contributed by atoms with Crippen LogP contribution in [0.2, 0.25) is 0 Å². The van der Waals surface area contributed by atoms with Gasteiger partial charge in [-0.05, 0) is 82.9 Å². The Hall–Kier alpha value is -5.71. The maximum absolute atomic E-state index is 14.0. The number of fused-ring (bicyclic) bond motifs is 6. The standard InChI is InChI=1S/C47H60N8O8/c1-9-26(5)40(53-47(59)62-8)45(57)54-20-25(4)14-36(54)42-48-19-35(50-42)29-10-12-31-30(16-29)23-63-38-18-32-28(17-33(31)38)11-13-34-41(32)51-43(49-34)37-15-27(22-60-6)21-55(37)44(56)39(24(2)3)52-46(58)61-7/h10-13,16-19,24-27,36-37,39-40,44,56H,9,14-15,20-23H2,1-8H3,(H,48,50)(H,49,51)(H,52,58)(H,53,59)/t25-,26-,27?,36?,37-,39-,40?,44?/m0/s1. The SMILES string of the molecule is CC[C@H](C)C(NC(=O)OC)C(=O)N1C[C@@H](C)CC1c1ncc(-c2ccc3c(c2)COc2cc4c(ccc5[nH]c([C@@H]6CC(COC)CN6C(O)[C@@H](NC(=O)OC)C(C)C)nc54)cc2-3)[nH]1. The summed E-state index contributed by atoms with van der Waals surface area (Å²) >= 11 is 0. The van der Waals surface area contributed by atoms with Crippen LogP contribution in [-0.4, -0.2) is 112 Å². The van der Waals surface area contributed by atoms with Crippen molar-refractivity contribution >= 4 is 39.9 Å². The fourth-order valence-electron chi connectivity index (χ4n) is 9.74. The van der Waals surface area contributed by atoms with E-state index in [1.165, 1.54) is 14.2 Å². The Kier molecular flexibility index (Phi) is 12.7. The second-order valence-corrected chi connectivity index (χ2v) is 17.9. The predicted molar refractivity (Wildman–Crippen MR) is 238 cm³/mol. The molecule has 0 radical (unpaired) electrons. The number of aromatic amines is 2. The highest BCUT2D eigenvalue weighted by atomic mass is 16.5. The molecule has 8 rings (SSSR count). The highest BCUT2D eigenvalue weighted by molar-refractivity contribution is 6.07. The van der Waals surface area contributed by atoms with Crippen LogP contribution in [-0.2, 0) is 25.6 Å². The quantitative estimate of drug-likeness (QED) is 0.0814. The number of carbonyl (C=O) groups excluding carboxylic acids is 3. The largest absolute Gasteiger partial charge is 0.488 e. The zero-order chi connectivity index (χ0) is 44.7. The van der Waals surface area contributed by atoms with Crippen LogP contribution in [0.5, 0.6) is 5.75 Å². The summed E-state index contributed by atoms with van der Waals surface area (Å²) in [5.41, 5.74) is 6.61. The molecule has 0 bridgehead atoms. The zero-order valence-corrected chi connectivity index (χ0v) is 37.4. The molecule has 336 valence electrons. The van der Waals surface area contributed by atoms with Gasteiger partial charge >= 0.3 is 12.2 Å². The molecule has 2 saturated heterocycles. The minimum absolute atomic E-state index is 0.0645. The van der Waals surface area contributed by atoms with Crippen molar-refractivity contribution in [1.82, 2.24) is 40.4 Å². The third-order valence-corrected chi connectivity index (χ3v) is 13.3. The molecule has 0 aliphatic carbocycles. The number of carbonyl (C=O) groups is 3. The summed E-state index contributed by atoms with van der Waals surface area (Å²) in [5, 5.41) is 19.3. The molecule has 0 saturated carbocycles. The molecule has 63 heavy (non-hydrogen) atoms. The van der Waals surface area contributed by atoms with Crippen molar-refractivity contribution in [3.8, 4) is 28.1 Å². The van der Waals surface area contributed by atoms with E-state index in [1.54, 1.807) is 7.11 Å². The molecular weight excluding hydrogens is 805 g/mol. The number of rotatable bonds is 13. The van der Waals surface area contributed by atoms with Gasteiger partial charge in [0.15, 0.2) is 0 Å². The van der Waals surface area contributed by atoms with Crippen LogP contribution >= 0.6 is 0 Å². The Labute approximate surface area is 367 Å². The minimum Gasteiger partial charge on any atom is -0.488 e. The van der Waals surface area contributed by atoms with E-state index >= 15 is 0 Å². The van der Waals surface area contributed by atoms with Gasteiger partial charge in [-0.15, -0.1) is 0 Å². The number of aliphatic hydroxyl groups excluding tert-OH is 1. The number of amides is 3. The first-order chi connectivity index (χ1) is 30.3. The number of imidazole rings is 2. The second-order valence-electron chi connectivity index (χ2n) is 17.9. The van der Waals surface area contributed by atoms with Crippen LogP contribution in [0.4, 0.5) is 9.59 Å². The summed E-state index contributed by atoms with van der Waals surface area (Å²) in [6.45, 7) is 12.1. The zero-order valence-electron chi connectivity index (χ0n) is 37.4. The summed E-state index contributed by atoms with van der Waals surface area (Å²) in [7, 11) is 4.30. The van der Waals surface area contributed by atoms with Crippen LogP contribution in [0.25, 0.3) is 44.2 Å². The van der Waals surface area contributed by atoms with Crippen molar-refractivity contribution in [2.45, 2.75) is 90.9 Å². The predicted octanol–water partition coefficient (Wildman–Crippen LogP) is 7.05. The lowest BCUT2D eigenvalue weighted by atomic mass is 9.92. The molecule has 2 aromatic heterocycles. The van der Waals surface area contributed by atoms with Gasteiger partial charge in [-0.3, -0.25) is 9.69 Å². The van der Waals surface area contributed by atoms with E-state index in [0.717, 1.165) is 80.6 Å². The van der Waals surface area contributed by atoms with Crippen molar-refractivity contribution in [3.63, 3.8) is 0 Å². The minimum atomic E-state index is -0.986. The summed E-state index contributed by atoms with van der Waals surface area (Å²) in [6, 6.07) is 12.9. The Morgan fingerprint density at radius 1 is 0.937 bits per heavy atom. The van der Waals surface area contributed by atoms with Gasteiger partial charge in [-0.25, -0.2) is 19.6 Å². The first-order valence-electron chi connectivity index (χ1n) is 22.0. The molecule has 16 heteroatoms. The fourth-order valence-corrected chi connectivity index (χ4v) is 9.74. The summed E-state index contributed by atoms with van der Waals surface area (Å²) < 4.78 is 21.7. The lowest BCUT2D eigenvalue weighted by Crippen LogP contribution is -2.54. The average molecular weight is 865 g/mol. The number of benzene rings is 3. The number of likely N-dealkylation sites (tertiary alicyclic amines) is 2. The summed E-state index contributed by atoms with van der Waals surface area (Å²) in [6.07, 6.45) is 1.82. The number of aromatic nitrogens is 4. The van der Waals surface area contributed by atoms with Crippen LogP contribution in [0.15, 0.2) is 48.7 Å². The molecule has 3 amide bonds. The van der Waals surface area contributed by atoms with Crippen molar-refractivity contribution in [1.29, 1.82) is 0 Å². The molecule has 4 unspecified atom stereocenters. The van der Waals surface area contributed by atoms with E-state index in [1.807, 2.05) is 49.8 Å². The molecule has 5 N–H and O–H groups in total. The van der Waals surface area contributed by atoms with Gasteiger partial charge in [0.05, 0.1) is 61.9 Å². The number of nitrogens with one attached hydrogen (secondary N) is 4. The average Bonchev–Trinajstić information content (AvgIpc) is 4.11. The van der Waals surface area contributed by atoms with Gasteiger partial charge in [0.25, 0.3) is 0 Å². The molecule has 3 aliphatic rings. The number of hydrogen-bond donors (Lipinski definition) is 5. The molecule has 3 aliphatic heterocycles. The number of ether oxygens (including phenoxy) is 4. The molecule has 16 nitrogen and oxygen atoms in total. The smallest absolute Gasteiger partial charge is 0.407 e. The summed E-state index contributed by atoms with van der Waals surface area (Å²) in [5.74, 6) is 2.37. The van der Waals surface area contributed by atoms with Gasteiger partial charge < -0.3 is 49.6 Å². The Bertz CT molecular complexity index is 2480. The fraction of sp³-hybridized carbons (Fsp3) is 0.511. The second kappa shape index (κ2) is 18.2. The van der Waals surface area contributed by atoms with Crippen molar-refractivity contribution in [2.24, 2.45) is 23.7 Å². The molecule has 3 aromatic carbocycles. The lowest BCUT2D eigenvalue weighted by Gasteiger charge is -2.35. The van der Waals surface area contributed by atoms with E-state index in [9.17, 15) is 19.5 Å². The number of nitrogens with zero attached hydrogens (tertiary/aromatic N) is 4. The highest BCUT2D eigenvalue weighted by Crippen LogP contribution is 2.44. The van der Waals surface area contributed by atoms with Crippen molar-refractivity contribution < 1.29 is 38.4 Å². The van der Waals surface area contributed by atoms with E-state index in [-0.39, 0.29) is 41.7 Å². The van der Waals surface area contributed by atoms with Gasteiger partial charge in [0, 0.05) is 31.1 Å².